The summed E-state index contributed by atoms with van der Waals surface area (Å²) >= 11 is 0. The minimum atomic E-state index is 0.288. The van der Waals surface area contributed by atoms with Gasteiger partial charge >= 0.3 is 0 Å². The van der Waals surface area contributed by atoms with Crippen LogP contribution in [0.15, 0.2) is 18.2 Å². The number of rotatable bonds is 5. The maximum atomic E-state index is 9.28. The SMILES string of the molecule is COc1ccc(CN2CCCC(CO)C2)c(OC)c1. The predicted octanol–water partition coefficient (Wildman–Crippen LogP) is 1.91. The zero-order valence-corrected chi connectivity index (χ0v) is 11.8. The summed E-state index contributed by atoms with van der Waals surface area (Å²) in [6.45, 7) is 3.21. The first-order valence-electron chi connectivity index (χ1n) is 6.81. The number of benzene rings is 1. The van der Waals surface area contributed by atoms with Crippen LogP contribution >= 0.6 is 0 Å². The van der Waals surface area contributed by atoms with Crippen molar-refractivity contribution < 1.29 is 14.6 Å². The Morgan fingerprint density at radius 1 is 1.32 bits per heavy atom. The second-order valence-electron chi connectivity index (χ2n) is 5.10. The van der Waals surface area contributed by atoms with E-state index in [0.717, 1.165) is 44.0 Å². The number of aliphatic hydroxyl groups is 1. The van der Waals surface area contributed by atoms with Crippen LogP contribution in [0, 0.1) is 5.92 Å². The molecule has 1 unspecified atom stereocenters. The monoisotopic (exact) mass is 265 g/mol. The molecule has 0 bridgehead atoms. The van der Waals surface area contributed by atoms with E-state index in [9.17, 15) is 5.11 Å². The molecular weight excluding hydrogens is 242 g/mol. The fourth-order valence-electron chi connectivity index (χ4n) is 2.67. The van der Waals surface area contributed by atoms with Gasteiger partial charge in [0.2, 0.25) is 0 Å². The third kappa shape index (κ3) is 3.61. The van der Waals surface area contributed by atoms with Crippen LogP contribution in [0.5, 0.6) is 11.5 Å². The van der Waals surface area contributed by atoms with E-state index in [4.69, 9.17) is 9.47 Å². The van der Waals surface area contributed by atoms with Crippen molar-refractivity contribution in [1.82, 2.24) is 4.90 Å². The highest BCUT2D eigenvalue weighted by molar-refractivity contribution is 5.40. The number of hydrogen-bond acceptors (Lipinski definition) is 4. The van der Waals surface area contributed by atoms with Gasteiger partial charge in [0.1, 0.15) is 11.5 Å². The lowest BCUT2D eigenvalue weighted by atomic mass is 9.98. The Bertz CT molecular complexity index is 408. The molecule has 0 aromatic heterocycles. The van der Waals surface area contributed by atoms with Crippen LogP contribution in [0.1, 0.15) is 18.4 Å². The van der Waals surface area contributed by atoms with Crippen molar-refractivity contribution in [3.63, 3.8) is 0 Å². The molecule has 1 aliphatic heterocycles. The van der Waals surface area contributed by atoms with Gasteiger partial charge in [-0.15, -0.1) is 0 Å². The fourth-order valence-corrected chi connectivity index (χ4v) is 2.67. The van der Waals surface area contributed by atoms with Gasteiger partial charge in [-0.3, -0.25) is 4.90 Å². The number of piperidine rings is 1. The fraction of sp³-hybridized carbons (Fsp3) is 0.600. The summed E-state index contributed by atoms with van der Waals surface area (Å²) in [5.41, 5.74) is 1.17. The molecule has 2 rings (SSSR count). The summed E-state index contributed by atoms with van der Waals surface area (Å²) in [4.78, 5) is 2.38. The molecule has 1 heterocycles. The van der Waals surface area contributed by atoms with Gasteiger partial charge < -0.3 is 14.6 Å². The summed E-state index contributed by atoms with van der Waals surface area (Å²) in [6, 6.07) is 5.94. The Labute approximate surface area is 114 Å². The molecule has 4 nitrogen and oxygen atoms in total. The highest BCUT2D eigenvalue weighted by atomic mass is 16.5. The molecule has 4 heteroatoms. The number of aliphatic hydroxyl groups excluding tert-OH is 1. The third-order valence-electron chi connectivity index (χ3n) is 3.75. The number of nitrogens with zero attached hydrogens (tertiary/aromatic N) is 1. The van der Waals surface area contributed by atoms with Crippen LogP contribution in [-0.4, -0.2) is 43.9 Å². The molecule has 1 fully saturated rings. The Morgan fingerprint density at radius 2 is 2.16 bits per heavy atom. The average molecular weight is 265 g/mol. The van der Waals surface area contributed by atoms with Crippen LogP contribution in [-0.2, 0) is 6.54 Å². The van der Waals surface area contributed by atoms with Crippen LogP contribution in [0.2, 0.25) is 0 Å². The highest BCUT2D eigenvalue weighted by Gasteiger charge is 2.20. The molecule has 1 aromatic rings. The van der Waals surface area contributed by atoms with Crippen molar-refractivity contribution in [1.29, 1.82) is 0 Å². The lowest BCUT2D eigenvalue weighted by molar-refractivity contribution is 0.115. The molecule has 1 aromatic carbocycles. The van der Waals surface area contributed by atoms with Crippen molar-refractivity contribution in [3.05, 3.63) is 23.8 Å². The van der Waals surface area contributed by atoms with Gasteiger partial charge in [-0.2, -0.15) is 0 Å². The van der Waals surface area contributed by atoms with Gasteiger partial charge in [0.15, 0.2) is 0 Å². The van der Waals surface area contributed by atoms with Gasteiger partial charge in [0.05, 0.1) is 14.2 Å². The minimum Gasteiger partial charge on any atom is -0.497 e. The first kappa shape index (κ1) is 14.2. The molecule has 0 saturated carbocycles. The summed E-state index contributed by atoms with van der Waals surface area (Å²) in [5, 5.41) is 9.28. The Hall–Kier alpha value is -1.26. The molecule has 1 atom stereocenters. The maximum absolute atomic E-state index is 9.28. The van der Waals surface area contributed by atoms with Crippen LogP contribution in [0.3, 0.4) is 0 Å². The van der Waals surface area contributed by atoms with Crippen molar-refractivity contribution in [3.8, 4) is 11.5 Å². The number of likely N-dealkylation sites (tertiary alicyclic amines) is 1. The van der Waals surface area contributed by atoms with Gasteiger partial charge in [0, 0.05) is 31.3 Å². The smallest absolute Gasteiger partial charge is 0.127 e. The molecule has 0 spiro atoms. The van der Waals surface area contributed by atoms with E-state index in [0.29, 0.717) is 5.92 Å². The quantitative estimate of drug-likeness (QED) is 0.883. The van der Waals surface area contributed by atoms with Crippen molar-refractivity contribution in [2.24, 2.45) is 5.92 Å². The number of ether oxygens (including phenoxy) is 2. The zero-order valence-electron chi connectivity index (χ0n) is 11.8. The molecule has 0 amide bonds. The minimum absolute atomic E-state index is 0.288. The van der Waals surface area contributed by atoms with Crippen LogP contribution in [0.25, 0.3) is 0 Å². The van der Waals surface area contributed by atoms with Crippen molar-refractivity contribution in [2.75, 3.05) is 33.9 Å². The van der Waals surface area contributed by atoms with Gasteiger partial charge in [-0.25, -0.2) is 0 Å². The summed E-state index contributed by atoms with van der Waals surface area (Å²) in [5.74, 6) is 2.09. The predicted molar refractivity (Wildman–Crippen MR) is 74.6 cm³/mol. The molecule has 0 aliphatic carbocycles. The zero-order chi connectivity index (χ0) is 13.7. The second kappa shape index (κ2) is 6.78. The van der Waals surface area contributed by atoms with Gasteiger partial charge in [0.25, 0.3) is 0 Å². The Balaban J connectivity index is 2.05. The van der Waals surface area contributed by atoms with E-state index in [1.54, 1.807) is 14.2 Å². The lowest BCUT2D eigenvalue weighted by Gasteiger charge is -2.32. The standard InChI is InChI=1S/C15H23NO3/c1-18-14-6-5-13(15(8-14)19-2)10-16-7-3-4-12(9-16)11-17/h5-6,8,12,17H,3-4,7,9-11H2,1-2H3. The molecule has 106 valence electrons. The molecular formula is C15H23NO3. The van der Waals surface area contributed by atoms with E-state index >= 15 is 0 Å². The molecule has 0 radical (unpaired) electrons. The van der Waals surface area contributed by atoms with Crippen LogP contribution in [0.4, 0.5) is 0 Å². The van der Waals surface area contributed by atoms with E-state index in [1.165, 1.54) is 5.56 Å². The molecule has 19 heavy (non-hydrogen) atoms. The molecule has 1 N–H and O–H groups in total. The first-order valence-corrected chi connectivity index (χ1v) is 6.81. The summed E-state index contributed by atoms with van der Waals surface area (Å²) < 4.78 is 10.6. The second-order valence-corrected chi connectivity index (χ2v) is 5.10. The summed E-state index contributed by atoms with van der Waals surface area (Å²) in [6.07, 6.45) is 2.29. The lowest BCUT2D eigenvalue weighted by Crippen LogP contribution is -2.36. The van der Waals surface area contributed by atoms with E-state index in [2.05, 4.69) is 11.0 Å². The van der Waals surface area contributed by atoms with E-state index in [1.807, 2.05) is 12.1 Å². The van der Waals surface area contributed by atoms with Gasteiger partial charge in [-0.05, 0) is 31.4 Å². The number of methoxy groups -OCH3 is 2. The Morgan fingerprint density at radius 3 is 2.84 bits per heavy atom. The summed E-state index contributed by atoms with van der Waals surface area (Å²) in [7, 11) is 3.34. The third-order valence-corrected chi connectivity index (χ3v) is 3.75. The molecule has 1 saturated heterocycles. The number of hydrogen-bond donors (Lipinski definition) is 1. The largest absolute Gasteiger partial charge is 0.497 e. The first-order chi connectivity index (χ1) is 9.26. The normalized spacial score (nSPS) is 20.3. The Kier molecular flexibility index (Phi) is 5.05. The highest BCUT2D eigenvalue weighted by Crippen LogP contribution is 2.27. The molecule has 1 aliphatic rings. The maximum Gasteiger partial charge on any atom is 0.127 e. The van der Waals surface area contributed by atoms with E-state index in [-0.39, 0.29) is 6.61 Å². The van der Waals surface area contributed by atoms with Crippen LogP contribution < -0.4 is 9.47 Å². The van der Waals surface area contributed by atoms with Crippen molar-refractivity contribution in [2.45, 2.75) is 19.4 Å². The van der Waals surface area contributed by atoms with Crippen molar-refractivity contribution >= 4 is 0 Å². The average Bonchev–Trinajstić information content (AvgIpc) is 2.48. The topological polar surface area (TPSA) is 41.9 Å². The van der Waals surface area contributed by atoms with E-state index < -0.39 is 0 Å². The van der Waals surface area contributed by atoms with Gasteiger partial charge in [-0.1, -0.05) is 6.07 Å².